The van der Waals surface area contributed by atoms with Crippen molar-refractivity contribution >= 4 is 27.3 Å². The topological polar surface area (TPSA) is 105 Å². The number of nitrogens with one attached hydrogen (secondary N) is 1. The Labute approximate surface area is 191 Å². The van der Waals surface area contributed by atoms with Gasteiger partial charge in [-0.2, -0.15) is 9.29 Å². The molecule has 1 aliphatic heterocycles. The fraction of sp³-hybridized carbons (Fsp3) is 0.409. The maximum atomic E-state index is 13.4. The molecule has 1 saturated heterocycles. The minimum Gasteiger partial charge on any atom is -0.352 e. The molecule has 1 N–H and O–H groups in total. The van der Waals surface area contributed by atoms with Crippen LogP contribution in [0.15, 0.2) is 39.8 Å². The summed E-state index contributed by atoms with van der Waals surface area (Å²) in [5.41, 5.74) is 2.16. The molecule has 0 spiro atoms. The van der Waals surface area contributed by atoms with Crippen LogP contribution >= 0.6 is 11.3 Å². The van der Waals surface area contributed by atoms with Crippen molar-refractivity contribution in [3.63, 3.8) is 0 Å². The van der Waals surface area contributed by atoms with Crippen LogP contribution in [0.2, 0.25) is 0 Å². The van der Waals surface area contributed by atoms with Crippen molar-refractivity contribution in [1.29, 1.82) is 0 Å². The maximum absolute atomic E-state index is 13.4. The number of amides is 1. The fourth-order valence-corrected chi connectivity index (χ4v) is 6.91. The molecule has 0 aliphatic carbocycles. The van der Waals surface area contributed by atoms with Gasteiger partial charge in [0.25, 0.3) is 0 Å². The second-order valence-electron chi connectivity index (χ2n) is 8.08. The summed E-state index contributed by atoms with van der Waals surface area (Å²) >= 11 is 1.32. The van der Waals surface area contributed by atoms with Gasteiger partial charge in [0, 0.05) is 31.4 Å². The van der Waals surface area contributed by atoms with Crippen LogP contribution in [0.1, 0.15) is 34.7 Å². The van der Waals surface area contributed by atoms with Crippen molar-refractivity contribution in [3.8, 4) is 10.7 Å². The van der Waals surface area contributed by atoms with Gasteiger partial charge >= 0.3 is 0 Å². The van der Waals surface area contributed by atoms with E-state index in [1.807, 2.05) is 31.2 Å². The molecule has 1 amide bonds. The highest BCUT2D eigenvalue weighted by molar-refractivity contribution is 7.89. The Morgan fingerprint density at radius 2 is 2.09 bits per heavy atom. The Balaban J connectivity index is 1.46. The molecule has 8 nitrogen and oxygen atoms in total. The number of hydrogen-bond acceptors (Lipinski definition) is 7. The Hall–Kier alpha value is -2.56. The van der Waals surface area contributed by atoms with E-state index in [0.29, 0.717) is 47.4 Å². The average molecular weight is 475 g/mol. The predicted octanol–water partition coefficient (Wildman–Crippen LogP) is 3.44. The highest BCUT2D eigenvalue weighted by Crippen LogP contribution is 2.34. The molecule has 0 unspecified atom stereocenters. The maximum Gasteiger partial charge on any atom is 0.244 e. The zero-order valence-electron chi connectivity index (χ0n) is 18.3. The van der Waals surface area contributed by atoms with Gasteiger partial charge in [0.1, 0.15) is 0 Å². The summed E-state index contributed by atoms with van der Waals surface area (Å²) in [4.78, 5) is 18.5. The smallest absolute Gasteiger partial charge is 0.244 e. The lowest BCUT2D eigenvalue weighted by atomic mass is 9.98. The first-order chi connectivity index (χ1) is 15.2. The van der Waals surface area contributed by atoms with Gasteiger partial charge in [0.2, 0.25) is 27.6 Å². The molecular weight excluding hydrogens is 448 g/mol. The SMILES string of the molecule is Cc1cccc(CNC(=O)[C@@H]2CCCN(S(=O)(=O)c3cc(-c4noc(C)n4)sc3C)C2)c1. The molecule has 170 valence electrons. The Bertz CT molecular complexity index is 1230. The summed E-state index contributed by atoms with van der Waals surface area (Å²) < 4.78 is 33.2. The lowest BCUT2D eigenvalue weighted by Crippen LogP contribution is -2.45. The molecular formula is C22H26N4O4S2. The molecule has 4 rings (SSSR count). The van der Waals surface area contributed by atoms with Crippen molar-refractivity contribution in [2.75, 3.05) is 13.1 Å². The van der Waals surface area contributed by atoms with Gasteiger partial charge in [0.05, 0.1) is 15.7 Å². The first-order valence-electron chi connectivity index (χ1n) is 10.5. The van der Waals surface area contributed by atoms with Crippen molar-refractivity contribution in [3.05, 3.63) is 52.2 Å². The summed E-state index contributed by atoms with van der Waals surface area (Å²) in [7, 11) is -3.73. The number of nitrogens with zero attached hydrogens (tertiary/aromatic N) is 3. The van der Waals surface area contributed by atoms with Crippen LogP contribution in [0.5, 0.6) is 0 Å². The number of aryl methyl sites for hydroxylation is 3. The quantitative estimate of drug-likeness (QED) is 0.587. The molecule has 1 atom stereocenters. The third-order valence-corrected chi connectivity index (χ3v) is 8.71. The molecule has 0 saturated carbocycles. The van der Waals surface area contributed by atoms with E-state index >= 15 is 0 Å². The van der Waals surface area contributed by atoms with E-state index in [1.165, 1.54) is 15.6 Å². The molecule has 1 fully saturated rings. The fourth-order valence-electron chi connectivity index (χ4n) is 3.90. The van der Waals surface area contributed by atoms with Gasteiger partial charge < -0.3 is 9.84 Å². The highest BCUT2D eigenvalue weighted by Gasteiger charge is 2.35. The van der Waals surface area contributed by atoms with Crippen LogP contribution in [-0.4, -0.2) is 41.9 Å². The van der Waals surface area contributed by atoms with Gasteiger partial charge in [0.15, 0.2) is 0 Å². The first-order valence-corrected chi connectivity index (χ1v) is 12.7. The van der Waals surface area contributed by atoms with Gasteiger partial charge in [-0.15, -0.1) is 11.3 Å². The molecule has 3 heterocycles. The van der Waals surface area contributed by atoms with E-state index < -0.39 is 10.0 Å². The van der Waals surface area contributed by atoms with Crippen molar-refractivity contribution in [1.82, 2.24) is 19.8 Å². The van der Waals surface area contributed by atoms with Crippen LogP contribution in [0.4, 0.5) is 0 Å². The van der Waals surface area contributed by atoms with Crippen molar-refractivity contribution < 1.29 is 17.7 Å². The summed E-state index contributed by atoms with van der Waals surface area (Å²) in [6, 6.07) is 9.56. The number of piperidine rings is 1. The molecule has 10 heteroatoms. The largest absolute Gasteiger partial charge is 0.352 e. The molecule has 2 aromatic heterocycles. The van der Waals surface area contributed by atoms with E-state index in [9.17, 15) is 13.2 Å². The monoisotopic (exact) mass is 474 g/mol. The van der Waals surface area contributed by atoms with E-state index in [2.05, 4.69) is 15.5 Å². The summed E-state index contributed by atoms with van der Waals surface area (Å²) in [6.07, 6.45) is 1.31. The summed E-state index contributed by atoms with van der Waals surface area (Å²) in [5.74, 6) is 0.313. The number of carbonyl (C=O) groups excluding carboxylic acids is 1. The highest BCUT2D eigenvalue weighted by atomic mass is 32.2. The average Bonchev–Trinajstić information content (AvgIpc) is 3.38. The van der Waals surface area contributed by atoms with Gasteiger partial charge in [-0.05, 0) is 38.3 Å². The third-order valence-electron chi connectivity index (χ3n) is 5.54. The second kappa shape index (κ2) is 9.13. The van der Waals surface area contributed by atoms with Gasteiger partial charge in [-0.1, -0.05) is 35.0 Å². The number of rotatable bonds is 6. The van der Waals surface area contributed by atoms with E-state index in [-0.39, 0.29) is 23.3 Å². The van der Waals surface area contributed by atoms with Crippen LogP contribution in [0.3, 0.4) is 0 Å². The zero-order chi connectivity index (χ0) is 22.9. The van der Waals surface area contributed by atoms with E-state index in [4.69, 9.17) is 4.52 Å². The molecule has 32 heavy (non-hydrogen) atoms. The Kier molecular flexibility index (Phi) is 6.45. The lowest BCUT2D eigenvalue weighted by molar-refractivity contribution is -0.126. The number of carbonyl (C=O) groups is 1. The summed E-state index contributed by atoms with van der Waals surface area (Å²) in [6.45, 7) is 6.47. The van der Waals surface area contributed by atoms with Gasteiger partial charge in [-0.3, -0.25) is 4.79 Å². The first kappa shape index (κ1) is 22.6. The van der Waals surface area contributed by atoms with E-state index in [1.54, 1.807) is 19.9 Å². The Morgan fingerprint density at radius 3 is 2.81 bits per heavy atom. The lowest BCUT2D eigenvalue weighted by Gasteiger charge is -2.31. The van der Waals surface area contributed by atoms with Crippen LogP contribution in [0, 0.1) is 26.7 Å². The number of aromatic nitrogens is 2. The summed E-state index contributed by atoms with van der Waals surface area (Å²) in [5, 5.41) is 6.85. The van der Waals surface area contributed by atoms with Crippen LogP contribution in [0.25, 0.3) is 10.7 Å². The number of benzene rings is 1. The van der Waals surface area contributed by atoms with Gasteiger partial charge in [-0.25, -0.2) is 8.42 Å². The van der Waals surface area contributed by atoms with Crippen LogP contribution in [-0.2, 0) is 21.4 Å². The number of thiophene rings is 1. The van der Waals surface area contributed by atoms with Crippen molar-refractivity contribution in [2.24, 2.45) is 5.92 Å². The minimum absolute atomic E-state index is 0.114. The molecule has 0 radical (unpaired) electrons. The van der Waals surface area contributed by atoms with Crippen LogP contribution < -0.4 is 5.32 Å². The second-order valence-corrected chi connectivity index (χ2v) is 11.2. The zero-order valence-corrected chi connectivity index (χ0v) is 19.9. The molecule has 1 aromatic carbocycles. The molecule has 1 aliphatic rings. The number of sulfonamides is 1. The van der Waals surface area contributed by atoms with Crippen molar-refractivity contribution in [2.45, 2.75) is 45.1 Å². The number of hydrogen-bond donors (Lipinski definition) is 1. The normalized spacial score (nSPS) is 17.4. The standard InChI is InChI=1S/C22H26N4O4S2/c1-14-6-4-7-17(10-14)12-23-22(27)18-8-5-9-26(13-18)32(28,29)20-11-19(31-15(20)2)21-24-16(3)30-25-21/h4,6-7,10-11,18H,5,8-9,12-13H2,1-3H3,(H,23,27)/t18-/m1/s1. The third kappa shape index (κ3) is 4.77. The Morgan fingerprint density at radius 1 is 1.28 bits per heavy atom. The van der Waals surface area contributed by atoms with E-state index in [0.717, 1.165) is 11.1 Å². The minimum atomic E-state index is -3.73. The molecule has 3 aromatic rings. The molecule has 0 bridgehead atoms. The predicted molar refractivity (Wildman–Crippen MR) is 122 cm³/mol.